The van der Waals surface area contributed by atoms with Crippen LogP contribution in [0, 0.1) is 6.92 Å². The fourth-order valence-electron chi connectivity index (χ4n) is 1.98. The Balaban J connectivity index is 1.97. The van der Waals surface area contributed by atoms with Gasteiger partial charge in [-0.25, -0.2) is 0 Å². The SMILES string of the molecule is Cc1ccccc1NC(=O)C[C@@H]1SC(=NC(C)(C)C)NC1=O. The molecule has 2 amide bonds. The number of rotatable bonds is 3. The molecule has 0 spiro atoms. The van der Waals surface area contributed by atoms with Gasteiger partial charge in [-0.2, -0.15) is 0 Å². The van der Waals surface area contributed by atoms with E-state index in [0.29, 0.717) is 5.17 Å². The van der Waals surface area contributed by atoms with E-state index in [4.69, 9.17) is 0 Å². The maximum atomic E-state index is 12.1. The Morgan fingerprint density at radius 3 is 2.68 bits per heavy atom. The standard InChI is InChI=1S/C16H21N3O2S/c1-10-7-5-6-8-11(10)17-13(20)9-12-14(21)18-15(22-12)19-16(2,3)4/h5-8,12H,9H2,1-4H3,(H,17,20)(H,18,19,21)/t12-/m0/s1. The number of benzene rings is 1. The first-order chi connectivity index (χ1) is 10.2. The van der Waals surface area contributed by atoms with Crippen molar-refractivity contribution in [2.75, 3.05) is 5.32 Å². The monoisotopic (exact) mass is 319 g/mol. The molecule has 2 rings (SSSR count). The van der Waals surface area contributed by atoms with E-state index < -0.39 is 5.25 Å². The Labute approximate surface area is 135 Å². The smallest absolute Gasteiger partial charge is 0.240 e. The van der Waals surface area contributed by atoms with Crippen LogP contribution in [0.15, 0.2) is 29.3 Å². The van der Waals surface area contributed by atoms with Crippen LogP contribution in [-0.2, 0) is 9.59 Å². The molecular formula is C16H21N3O2S. The third kappa shape index (κ3) is 4.59. The second-order valence-electron chi connectivity index (χ2n) is 6.25. The van der Waals surface area contributed by atoms with Gasteiger partial charge < -0.3 is 10.6 Å². The van der Waals surface area contributed by atoms with Crippen molar-refractivity contribution in [2.24, 2.45) is 4.99 Å². The predicted octanol–water partition coefficient (Wildman–Crippen LogP) is 2.71. The summed E-state index contributed by atoms with van der Waals surface area (Å²) in [6, 6.07) is 7.57. The Bertz CT molecular complexity index is 620. The normalized spacial score (nSPS) is 20.1. The van der Waals surface area contributed by atoms with Crippen molar-refractivity contribution in [2.45, 2.75) is 44.9 Å². The van der Waals surface area contributed by atoms with Gasteiger partial charge in [0.05, 0.1) is 5.54 Å². The first-order valence-electron chi connectivity index (χ1n) is 7.17. The van der Waals surface area contributed by atoms with Gasteiger partial charge in [-0.15, -0.1) is 0 Å². The van der Waals surface area contributed by atoms with Crippen LogP contribution in [0.3, 0.4) is 0 Å². The molecule has 1 aromatic carbocycles. The van der Waals surface area contributed by atoms with Gasteiger partial charge in [0.2, 0.25) is 11.8 Å². The molecule has 0 aromatic heterocycles. The predicted molar refractivity (Wildman–Crippen MR) is 91.1 cm³/mol. The summed E-state index contributed by atoms with van der Waals surface area (Å²) in [4.78, 5) is 28.5. The molecule has 1 aliphatic rings. The number of nitrogens with one attached hydrogen (secondary N) is 2. The molecule has 118 valence electrons. The van der Waals surface area contributed by atoms with Crippen LogP contribution in [0.1, 0.15) is 32.8 Å². The highest BCUT2D eigenvalue weighted by molar-refractivity contribution is 8.15. The van der Waals surface area contributed by atoms with Gasteiger partial charge in [0, 0.05) is 12.1 Å². The van der Waals surface area contributed by atoms with Crippen LogP contribution in [0.25, 0.3) is 0 Å². The molecule has 1 atom stereocenters. The summed E-state index contributed by atoms with van der Waals surface area (Å²) in [6.45, 7) is 7.82. The van der Waals surface area contributed by atoms with Gasteiger partial charge >= 0.3 is 0 Å². The Kier molecular flexibility index (Phi) is 4.90. The molecule has 0 radical (unpaired) electrons. The van der Waals surface area contributed by atoms with Gasteiger partial charge in [-0.1, -0.05) is 30.0 Å². The number of aliphatic imine (C=N–C) groups is 1. The average Bonchev–Trinajstić information content (AvgIpc) is 2.70. The van der Waals surface area contributed by atoms with E-state index in [-0.39, 0.29) is 23.8 Å². The zero-order chi connectivity index (χ0) is 16.3. The lowest BCUT2D eigenvalue weighted by Gasteiger charge is -2.12. The number of thioether (sulfide) groups is 1. The fourth-order valence-corrected chi connectivity index (χ4v) is 3.14. The van der Waals surface area contributed by atoms with Crippen molar-refractivity contribution in [3.63, 3.8) is 0 Å². The van der Waals surface area contributed by atoms with Crippen molar-refractivity contribution < 1.29 is 9.59 Å². The second kappa shape index (κ2) is 6.52. The summed E-state index contributed by atoms with van der Waals surface area (Å²) in [5.74, 6) is -0.327. The van der Waals surface area contributed by atoms with Gasteiger partial charge in [-0.05, 0) is 39.3 Å². The molecule has 1 aromatic rings. The topological polar surface area (TPSA) is 70.6 Å². The lowest BCUT2D eigenvalue weighted by molar-refractivity contribution is -0.122. The highest BCUT2D eigenvalue weighted by Gasteiger charge is 2.32. The number of amides is 2. The number of amidine groups is 1. The van der Waals surface area contributed by atoms with Gasteiger partial charge in [-0.3, -0.25) is 14.6 Å². The van der Waals surface area contributed by atoms with Crippen molar-refractivity contribution >= 4 is 34.4 Å². The minimum atomic E-state index is -0.426. The van der Waals surface area contributed by atoms with Crippen molar-refractivity contribution in [1.29, 1.82) is 0 Å². The third-order valence-corrected chi connectivity index (χ3v) is 4.09. The minimum absolute atomic E-state index is 0.133. The third-order valence-electron chi connectivity index (χ3n) is 3.00. The summed E-state index contributed by atoms with van der Waals surface area (Å²) in [7, 11) is 0. The van der Waals surface area contributed by atoms with E-state index in [1.807, 2.05) is 52.0 Å². The first kappa shape index (κ1) is 16.5. The molecule has 1 saturated heterocycles. The molecule has 0 saturated carbocycles. The van der Waals surface area contributed by atoms with E-state index in [2.05, 4.69) is 15.6 Å². The van der Waals surface area contributed by atoms with Crippen molar-refractivity contribution in [1.82, 2.24) is 5.32 Å². The largest absolute Gasteiger partial charge is 0.326 e. The number of carbonyl (C=O) groups is 2. The Hall–Kier alpha value is -1.82. The summed E-state index contributed by atoms with van der Waals surface area (Å²) in [5.41, 5.74) is 1.52. The number of carbonyl (C=O) groups excluding carboxylic acids is 2. The summed E-state index contributed by atoms with van der Waals surface area (Å²) < 4.78 is 0. The lowest BCUT2D eigenvalue weighted by Crippen LogP contribution is -2.29. The second-order valence-corrected chi connectivity index (χ2v) is 7.44. The van der Waals surface area contributed by atoms with Crippen LogP contribution < -0.4 is 10.6 Å². The molecule has 1 aliphatic heterocycles. The number of hydrogen-bond donors (Lipinski definition) is 2. The van der Waals surface area contributed by atoms with E-state index in [9.17, 15) is 9.59 Å². The van der Waals surface area contributed by atoms with E-state index in [1.54, 1.807) is 0 Å². The molecular weight excluding hydrogens is 298 g/mol. The van der Waals surface area contributed by atoms with Crippen LogP contribution in [0.4, 0.5) is 5.69 Å². The number of nitrogens with zero attached hydrogens (tertiary/aromatic N) is 1. The maximum Gasteiger partial charge on any atom is 0.240 e. The minimum Gasteiger partial charge on any atom is -0.326 e. The Morgan fingerprint density at radius 2 is 2.05 bits per heavy atom. The first-order valence-corrected chi connectivity index (χ1v) is 8.05. The molecule has 0 aliphatic carbocycles. The summed E-state index contributed by atoms with van der Waals surface area (Å²) in [6.07, 6.45) is 0.133. The highest BCUT2D eigenvalue weighted by Crippen LogP contribution is 2.25. The zero-order valence-electron chi connectivity index (χ0n) is 13.3. The highest BCUT2D eigenvalue weighted by atomic mass is 32.2. The van der Waals surface area contributed by atoms with Gasteiger partial charge in [0.25, 0.3) is 0 Å². The van der Waals surface area contributed by atoms with E-state index in [1.165, 1.54) is 11.8 Å². The number of aryl methyl sites for hydroxylation is 1. The molecule has 5 nitrogen and oxygen atoms in total. The summed E-state index contributed by atoms with van der Waals surface area (Å²) in [5, 5.41) is 5.75. The van der Waals surface area contributed by atoms with Crippen LogP contribution in [0.2, 0.25) is 0 Å². The lowest BCUT2D eigenvalue weighted by atomic mass is 10.1. The summed E-state index contributed by atoms with van der Waals surface area (Å²) >= 11 is 1.32. The van der Waals surface area contributed by atoms with Crippen LogP contribution >= 0.6 is 11.8 Å². The molecule has 2 N–H and O–H groups in total. The van der Waals surface area contributed by atoms with E-state index >= 15 is 0 Å². The molecule has 6 heteroatoms. The molecule has 0 bridgehead atoms. The molecule has 22 heavy (non-hydrogen) atoms. The maximum absolute atomic E-state index is 12.1. The van der Waals surface area contributed by atoms with Crippen LogP contribution in [0.5, 0.6) is 0 Å². The molecule has 1 heterocycles. The zero-order valence-corrected chi connectivity index (χ0v) is 14.1. The fraction of sp³-hybridized carbons (Fsp3) is 0.438. The van der Waals surface area contributed by atoms with Gasteiger partial charge in [0.1, 0.15) is 5.25 Å². The van der Waals surface area contributed by atoms with Crippen molar-refractivity contribution in [3.05, 3.63) is 29.8 Å². The number of anilines is 1. The average molecular weight is 319 g/mol. The quantitative estimate of drug-likeness (QED) is 0.900. The molecule has 0 unspecified atom stereocenters. The van der Waals surface area contributed by atoms with Crippen molar-refractivity contribution in [3.8, 4) is 0 Å². The number of hydrogen-bond acceptors (Lipinski definition) is 4. The Morgan fingerprint density at radius 1 is 1.36 bits per heavy atom. The van der Waals surface area contributed by atoms with Gasteiger partial charge in [0.15, 0.2) is 5.17 Å². The van der Waals surface area contributed by atoms with E-state index in [0.717, 1.165) is 11.3 Å². The van der Waals surface area contributed by atoms with Crippen LogP contribution in [-0.4, -0.2) is 27.8 Å². The molecule has 1 fully saturated rings. The number of para-hydroxylation sites is 1.